The zero-order valence-corrected chi connectivity index (χ0v) is 15.6. The highest BCUT2D eigenvalue weighted by Crippen LogP contribution is 2.50. The van der Waals surface area contributed by atoms with E-state index in [0.29, 0.717) is 6.41 Å². The largest absolute Gasteiger partial charge is 0.346 e. The molecule has 27 heavy (non-hydrogen) atoms. The molecule has 3 rings (SSSR count). The molecule has 0 aliphatic carbocycles. The highest BCUT2D eigenvalue weighted by Gasteiger charge is 2.39. The molecule has 0 saturated heterocycles. The summed E-state index contributed by atoms with van der Waals surface area (Å²) in [5.74, 6) is 0. The van der Waals surface area contributed by atoms with Gasteiger partial charge in [-0.15, -0.1) is 11.8 Å². The summed E-state index contributed by atoms with van der Waals surface area (Å²) in [5, 5.41) is 2.45. The van der Waals surface area contributed by atoms with E-state index in [4.69, 9.17) is 0 Å². The molecule has 1 atom stereocenters. The molecule has 0 saturated carbocycles. The number of rotatable bonds is 9. The quantitative estimate of drug-likeness (QED) is 0.343. The van der Waals surface area contributed by atoms with Gasteiger partial charge >= 0.3 is 0 Å². The Morgan fingerprint density at radius 1 is 0.741 bits per heavy atom. The van der Waals surface area contributed by atoms with Crippen molar-refractivity contribution in [2.45, 2.75) is 16.5 Å². The third kappa shape index (κ3) is 4.12. The van der Waals surface area contributed by atoms with Crippen molar-refractivity contribution in [2.75, 3.05) is 0 Å². The lowest BCUT2D eigenvalue weighted by Gasteiger charge is -2.37. The lowest BCUT2D eigenvalue weighted by molar-refractivity contribution is -0.110. The van der Waals surface area contributed by atoms with E-state index < -0.39 is 4.75 Å². The van der Waals surface area contributed by atoms with Gasteiger partial charge in [-0.25, -0.2) is 0 Å². The van der Waals surface area contributed by atoms with Gasteiger partial charge in [0.15, 0.2) is 0 Å². The van der Waals surface area contributed by atoms with E-state index in [1.165, 1.54) is 0 Å². The summed E-state index contributed by atoms with van der Waals surface area (Å²) in [6.07, 6.45) is 1.74. The number of hydrogen-bond acceptors (Lipinski definition) is 3. The van der Waals surface area contributed by atoms with Crippen LogP contribution in [0.3, 0.4) is 0 Å². The minimum absolute atomic E-state index is 0.234. The number of amides is 1. The standard InChI is InChI=1S/C23H21NO2S/c25-17-16-22(24-18-26)27-23(19-10-4-1-5-11-19,20-12-6-2-7-13-20)21-14-8-3-9-15-21/h1-15,17-18,22H,16H2,(H,24,26). The zero-order valence-electron chi connectivity index (χ0n) is 14.8. The highest BCUT2D eigenvalue weighted by atomic mass is 32.2. The summed E-state index contributed by atoms with van der Waals surface area (Å²) in [7, 11) is 0. The summed E-state index contributed by atoms with van der Waals surface area (Å²) in [6.45, 7) is 0. The highest BCUT2D eigenvalue weighted by molar-refractivity contribution is 8.01. The molecule has 0 heterocycles. The van der Waals surface area contributed by atoms with Gasteiger partial charge < -0.3 is 10.1 Å². The zero-order chi connectivity index (χ0) is 19.0. The lowest BCUT2D eigenvalue weighted by atomic mass is 9.84. The van der Waals surface area contributed by atoms with Crippen LogP contribution in [0.1, 0.15) is 23.1 Å². The van der Waals surface area contributed by atoms with Gasteiger partial charge in [-0.3, -0.25) is 4.79 Å². The number of carbonyl (C=O) groups is 2. The Kier molecular flexibility index (Phi) is 6.44. The van der Waals surface area contributed by atoms with Crippen LogP contribution in [0.5, 0.6) is 0 Å². The molecule has 0 aliphatic heterocycles. The maximum absolute atomic E-state index is 11.2. The van der Waals surface area contributed by atoms with E-state index in [0.717, 1.165) is 23.0 Å². The van der Waals surface area contributed by atoms with Crippen molar-refractivity contribution >= 4 is 24.5 Å². The Bertz CT molecular complexity index is 747. The van der Waals surface area contributed by atoms with Gasteiger partial charge in [0.05, 0.1) is 10.1 Å². The van der Waals surface area contributed by atoms with Crippen molar-refractivity contribution < 1.29 is 9.59 Å². The first-order valence-corrected chi connectivity index (χ1v) is 9.67. The van der Waals surface area contributed by atoms with Crippen molar-refractivity contribution in [1.29, 1.82) is 0 Å². The van der Waals surface area contributed by atoms with Crippen molar-refractivity contribution in [3.63, 3.8) is 0 Å². The van der Waals surface area contributed by atoms with Gasteiger partial charge in [0.2, 0.25) is 6.41 Å². The predicted molar refractivity (Wildman–Crippen MR) is 110 cm³/mol. The minimum Gasteiger partial charge on any atom is -0.346 e. The molecule has 3 aromatic rings. The van der Waals surface area contributed by atoms with Crippen molar-refractivity contribution in [2.24, 2.45) is 0 Å². The normalized spacial score (nSPS) is 12.1. The molecule has 1 N–H and O–H groups in total. The maximum Gasteiger partial charge on any atom is 0.208 e. The third-order valence-electron chi connectivity index (χ3n) is 4.42. The second-order valence-corrected chi connectivity index (χ2v) is 7.49. The SMILES string of the molecule is O=CCC(NC=O)SC(c1ccccc1)(c1ccccc1)c1ccccc1. The Balaban J connectivity index is 2.25. The Morgan fingerprint density at radius 3 is 1.48 bits per heavy atom. The number of aldehydes is 1. The van der Waals surface area contributed by atoms with Gasteiger partial charge in [-0.2, -0.15) is 0 Å². The topological polar surface area (TPSA) is 46.2 Å². The average molecular weight is 375 g/mol. The molecule has 0 aliphatic rings. The second-order valence-electron chi connectivity index (χ2n) is 6.07. The molecule has 1 amide bonds. The number of hydrogen-bond donors (Lipinski definition) is 1. The maximum atomic E-state index is 11.2. The van der Waals surface area contributed by atoms with E-state index in [2.05, 4.69) is 41.7 Å². The number of carbonyl (C=O) groups excluding carboxylic acids is 2. The number of benzene rings is 3. The molecule has 0 spiro atoms. The Hall–Kier alpha value is -2.85. The van der Waals surface area contributed by atoms with Crippen LogP contribution in [0.25, 0.3) is 0 Å². The Morgan fingerprint density at radius 2 is 1.15 bits per heavy atom. The van der Waals surface area contributed by atoms with Crippen LogP contribution in [0.2, 0.25) is 0 Å². The van der Waals surface area contributed by atoms with Gasteiger partial charge in [0.25, 0.3) is 0 Å². The van der Waals surface area contributed by atoms with Crippen LogP contribution < -0.4 is 5.32 Å². The van der Waals surface area contributed by atoms with Gasteiger partial charge in [0.1, 0.15) is 6.29 Å². The van der Waals surface area contributed by atoms with E-state index in [-0.39, 0.29) is 11.8 Å². The van der Waals surface area contributed by atoms with E-state index >= 15 is 0 Å². The molecule has 3 nitrogen and oxygen atoms in total. The van der Waals surface area contributed by atoms with Gasteiger partial charge in [-0.1, -0.05) is 91.0 Å². The van der Waals surface area contributed by atoms with Crippen molar-refractivity contribution in [1.82, 2.24) is 5.32 Å². The average Bonchev–Trinajstić information content (AvgIpc) is 2.74. The van der Waals surface area contributed by atoms with Crippen LogP contribution >= 0.6 is 11.8 Å². The van der Waals surface area contributed by atoms with Gasteiger partial charge in [-0.05, 0) is 16.7 Å². The van der Waals surface area contributed by atoms with E-state index in [1.807, 2.05) is 54.6 Å². The van der Waals surface area contributed by atoms with Crippen LogP contribution in [-0.4, -0.2) is 18.1 Å². The molecular weight excluding hydrogens is 354 g/mol. The van der Waals surface area contributed by atoms with Crippen LogP contribution in [0.15, 0.2) is 91.0 Å². The van der Waals surface area contributed by atoms with Crippen LogP contribution in [0, 0.1) is 0 Å². The fraction of sp³-hybridized carbons (Fsp3) is 0.130. The predicted octanol–water partition coefficient (Wildman–Crippen LogP) is 4.37. The van der Waals surface area contributed by atoms with E-state index in [1.54, 1.807) is 11.8 Å². The van der Waals surface area contributed by atoms with Crippen molar-refractivity contribution in [3.8, 4) is 0 Å². The number of thioether (sulfide) groups is 1. The number of nitrogens with one attached hydrogen (secondary N) is 1. The summed E-state index contributed by atoms with van der Waals surface area (Å²) >= 11 is 1.57. The molecule has 3 aromatic carbocycles. The second kappa shape index (κ2) is 9.19. The molecule has 0 fully saturated rings. The van der Waals surface area contributed by atoms with Gasteiger partial charge in [0, 0.05) is 6.42 Å². The molecule has 1 unspecified atom stereocenters. The summed E-state index contributed by atoms with van der Waals surface area (Å²) in [5.41, 5.74) is 3.28. The third-order valence-corrected chi connectivity index (χ3v) is 6.10. The first kappa shape index (κ1) is 18.9. The molecule has 0 radical (unpaired) electrons. The summed E-state index contributed by atoms with van der Waals surface area (Å²) in [4.78, 5) is 22.4. The first-order chi connectivity index (χ1) is 13.3. The molecule has 0 aromatic heterocycles. The fourth-order valence-corrected chi connectivity index (χ4v) is 4.79. The van der Waals surface area contributed by atoms with E-state index in [9.17, 15) is 9.59 Å². The van der Waals surface area contributed by atoms with Crippen LogP contribution in [-0.2, 0) is 14.3 Å². The Labute approximate surface area is 163 Å². The monoisotopic (exact) mass is 375 g/mol. The lowest BCUT2D eigenvalue weighted by Crippen LogP contribution is -2.34. The molecule has 4 heteroatoms. The van der Waals surface area contributed by atoms with Crippen LogP contribution in [0.4, 0.5) is 0 Å². The first-order valence-electron chi connectivity index (χ1n) is 8.79. The molecule has 136 valence electrons. The summed E-state index contributed by atoms with van der Waals surface area (Å²) in [6, 6.07) is 30.6. The van der Waals surface area contributed by atoms with Crippen molar-refractivity contribution in [3.05, 3.63) is 108 Å². The fourth-order valence-electron chi connectivity index (χ4n) is 3.25. The molecular formula is C23H21NO2S. The smallest absolute Gasteiger partial charge is 0.208 e. The minimum atomic E-state index is -0.562. The summed E-state index contributed by atoms with van der Waals surface area (Å²) < 4.78 is -0.562. The molecule has 0 bridgehead atoms.